The summed E-state index contributed by atoms with van der Waals surface area (Å²) in [6.07, 6.45) is 4.67. The van der Waals surface area contributed by atoms with E-state index in [1.807, 2.05) is 12.3 Å². The number of aryl methyl sites for hydroxylation is 1. The Hall–Kier alpha value is -1.87. The van der Waals surface area contributed by atoms with Gasteiger partial charge in [-0.25, -0.2) is 0 Å². The van der Waals surface area contributed by atoms with E-state index in [0.29, 0.717) is 0 Å². The Morgan fingerprint density at radius 1 is 1.32 bits per heavy atom. The molecule has 100 valence electrons. The van der Waals surface area contributed by atoms with Gasteiger partial charge in [-0.2, -0.15) is 0 Å². The van der Waals surface area contributed by atoms with Crippen molar-refractivity contribution in [1.29, 1.82) is 0 Å². The van der Waals surface area contributed by atoms with Crippen molar-refractivity contribution in [1.82, 2.24) is 10.3 Å². The SMILES string of the molecule is CCCNC(c1cccc(C)c1)c1cnccc1N. The highest BCUT2D eigenvalue weighted by Crippen LogP contribution is 2.26. The molecule has 1 aromatic heterocycles. The molecule has 0 amide bonds. The van der Waals surface area contributed by atoms with Crippen LogP contribution in [0, 0.1) is 6.92 Å². The summed E-state index contributed by atoms with van der Waals surface area (Å²) < 4.78 is 0. The van der Waals surface area contributed by atoms with Crippen molar-refractivity contribution in [3.8, 4) is 0 Å². The number of hydrogen-bond donors (Lipinski definition) is 2. The lowest BCUT2D eigenvalue weighted by Crippen LogP contribution is -2.24. The number of aromatic nitrogens is 1. The normalized spacial score (nSPS) is 12.3. The van der Waals surface area contributed by atoms with Gasteiger partial charge in [-0.05, 0) is 31.5 Å². The van der Waals surface area contributed by atoms with Crippen molar-refractivity contribution in [2.75, 3.05) is 12.3 Å². The molecule has 3 N–H and O–H groups in total. The molecule has 3 nitrogen and oxygen atoms in total. The third kappa shape index (κ3) is 3.32. The van der Waals surface area contributed by atoms with Crippen LogP contribution in [0.15, 0.2) is 42.7 Å². The van der Waals surface area contributed by atoms with Gasteiger partial charge in [0.25, 0.3) is 0 Å². The molecule has 2 aromatic rings. The van der Waals surface area contributed by atoms with Crippen molar-refractivity contribution >= 4 is 5.69 Å². The second-order valence-corrected chi connectivity index (χ2v) is 4.81. The van der Waals surface area contributed by atoms with E-state index < -0.39 is 0 Å². The molecule has 1 aromatic carbocycles. The molecular formula is C16H21N3. The molecular weight excluding hydrogens is 234 g/mol. The second kappa shape index (κ2) is 6.34. The number of anilines is 1. The van der Waals surface area contributed by atoms with Crippen molar-refractivity contribution in [3.05, 3.63) is 59.4 Å². The summed E-state index contributed by atoms with van der Waals surface area (Å²) in [5.41, 5.74) is 10.4. The zero-order valence-electron chi connectivity index (χ0n) is 11.6. The van der Waals surface area contributed by atoms with E-state index in [4.69, 9.17) is 5.73 Å². The number of nitrogens with two attached hydrogens (primary N) is 1. The summed E-state index contributed by atoms with van der Waals surface area (Å²) in [7, 11) is 0. The zero-order valence-corrected chi connectivity index (χ0v) is 11.6. The molecule has 1 heterocycles. The number of rotatable bonds is 5. The molecule has 0 aliphatic rings. The highest BCUT2D eigenvalue weighted by molar-refractivity contribution is 5.49. The maximum absolute atomic E-state index is 6.09. The minimum Gasteiger partial charge on any atom is -0.398 e. The molecule has 3 heteroatoms. The third-order valence-electron chi connectivity index (χ3n) is 3.17. The first-order valence-electron chi connectivity index (χ1n) is 6.71. The lowest BCUT2D eigenvalue weighted by Gasteiger charge is -2.21. The maximum atomic E-state index is 6.09. The summed E-state index contributed by atoms with van der Waals surface area (Å²) in [6.45, 7) is 5.22. The maximum Gasteiger partial charge on any atom is 0.0612 e. The van der Waals surface area contributed by atoms with Crippen LogP contribution in [0.4, 0.5) is 5.69 Å². The quantitative estimate of drug-likeness (QED) is 0.863. The largest absolute Gasteiger partial charge is 0.398 e. The first-order chi connectivity index (χ1) is 9.22. The standard InChI is InChI=1S/C16H21N3/c1-3-8-19-16(13-6-4-5-12(2)10-13)14-11-18-9-7-15(14)17/h4-7,9-11,16,19H,3,8H2,1-2H3,(H2,17,18). The van der Waals surface area contributed by atoms with Crippen molar-refractivity contribution in [2.45, 2.75) is 26.3 Å². The third-order valence-corrected chi connectivity index (χ3v) is 3.17. The van der Waals surface area contributed by atoms with Gasteiger partial charge in [0.15, 0.2) is 0 Å². The molecule has 0 saturated carbocycles. The number of hydrogen-bond acceptors (Lipinski definition) is 3. The van der Waals surface area contributed by atoms with Crippen molar-refractivity contribution in [3.63, 3.8) is 0 Å². The van der Waals surface area contributed by atoms with Crippen molar-refractivity contribution in [2.24, 2.45) is 0 Å². The minimum atomic E-state index is 0.105. The van der Waals surface area contributed by atoms with E-state index in [9.17, 15) is 0 Å². The van der Waals surface area contributed by atoms with Crippen LogP contribution < -0.4 is 11.1 Å². The van der Waals surface area contributed by atoms with Crippen LogP contribution in [0.1, 0.15) is 36.1 Å². The average molecular weight is 255 g/mol. The number of nitrogen functional groups attached to an aromatic ring is 1. The lowest BCUT2D eigenvalue weighted by molar-refractivity contribution is 0.598. The summed E-state index contributed by atoms with van der Waals surface area (Å²) in [6, 6.07) is 10.5. The number of benzene rings is 1. The topological polar surface area (TPSA) is 50.9 Å². The Balaban J connectivity index is 2.38. The van der Waals surface area contributed by atoms with E-state index in [-0.39, 0.29) is 6.04 Å². The van der Waals surface area contributed by atoms with Crippen LogP contribution in [0.25, 0.3) is 0 Å². The first-order valence-corrected chi connectivity index (χ1v) is 6.71. The summed E-state index contributed by atoms with van der Waals surface area (Å²) in [4.78, 5) is 4.20. The Morgan fingerprint density at radius 2 is 2.16 bits per heavy atom. The van der Waals surface area contributed by atoms with Gasteiger partial charge in [0.05, 0.1) is 6.04 Å². The monoisotopic (exact) mass is 255 g/mol. The van der Waals surface area contributed by atoms with E-state index >= 15 is 0 Å². The predicted molar refractivity (Wildman–Crippen MR) is 80.0 cm³/mol. The van der Waals surface area contributed by atoms with Gasteiger partial charge < -0.3 is 11.1 Å². The van der Waals surface area contributed by atoms with Gasteiger partial charge in [0.2, 0.25) is 0 Å². The molecule has 0 bridgehead atoms. The highest BCUT2D eigenvalue weighted by atomic mass is 14.9. The Kier molecular flexibility index (Phi) is 4.53. The second-order valence-electron chi connectivity index (χ2n) is 4.81. The number of pyridine rings is 1. The molecule has 2 rings (SSSR count). The molecule has 1 atom stereocenters. The molecule has 0 radical (unpaired) electrons. The van der Waals surface area contributed by atoms with Crippen LogP contribution in [-0.4, -0.2) is 11.5 Å². The summed E-state index contributed by atoms with van der Waals surface area (Å²) in [5.74, 6) is 0. The molecule has 19 heavy (non-hydrogen) atoms. The average Bonchev–Trinajstić information content (AvgIpc) is 2.41. The fourth-order valence-corrected chi connectivity index (χ4v) is 2.20. The van der Waals surface area contributed by atoms with E-state index in [0.717, 1.165) is 24.2 Å². The summed E-state index contributed by atoms with van der Waals surface area (Å²) >= 11 is 0. The Labute approximate surface area is 114 Å². The van der Waals surface area contributed by atoms with Crippen LogP contribution in [0.3, 0.4) is 0 Å². The van der Waals surface area contributed by atoms with Crippen LogP contribution >= 0.6 is 0 Å². The van der Waals surface area contributed by atoms with Gasteiger partial charge in [-0.15, -0.1) is 0 Å². The number of nitrogens with one attached hydrogen (secondary N) is 1. The molecule has 1 unspecified atom stereocenters. The highest BCUT2D eigenvalue weighted by Gasteiger charge is 2.16. The fourth-order valence-electron chi connectivity index (χ4n) is 2.20. The van der Waals surface area contributed by atoms with E-state index in [1.54, 1.807) is 6.20 Å². The molecule has 0 spiro atoms. The summed E-state index contributed by atoms with van der Waals surface area (Å²) in [5, 5.41) is 3.55. The number of nitrogens with zero attached hydrogens (tertiary/aromatic N) is 1. The molecule has 0 fully saturated rings. The fraction of sp³-hybridized carbons (Fsp3) is 0.312. The Bertz CT molecular complexity index is 537. The zero-order chi connectivity index (χ0) is 13.7. The lowest BCUT2D eigenvalue weighted by atomic mass is 9.97. The molecule has 0 saturated heterocycles. The first kappa shape index (κ1) is 13.6. The van der Waals surface area contributed by atoms with Gasteiger partial charge in [-0.1, -0.05) is 36.8 Å². The van der Waals surface area contributed by atoms with Gasteiger partial charge in [-0.3, -0.25) is 4.98 Å². The van der Waals surface area contributed by atoms with Crippen LogP contribution in [0.2, 0.25) is 0 Å². The van der Waals surface area contributed by atoms with E-state index in [2.05, 4.69) is 48.4 Å². The minimum absolute atomic E-state index is 0.105. The van der Waals surface area contributed by atoms with Crippen molar-refractivity contribution < 1.29 is 0 Å². The Morgan fingerprint density at radius 3 is 2.84 bits per heavy atom. The van der Waals surface area contributed by atoms with E-state index in [1.165, 1.54) is 11.1 Å². The van der Waals surface area contributed by atoms with Crippen LogP contribution in [-0.2, 0) is 0 Å². The molecule has 0 aliphatic carbocycles. The van der Waals surface area contributed by atoms with Crippen LogP contribution in [0.5, 0.6) is 0 Å². The predicted octanol–water partition coefficient (Wildman–Crippen LogP) is 3.06. The molecule has 0 aliphatic heterocycles. The van der Waals surface area contributed by atoms with Gasteiger partial charge >= 0.3 is 0 Å². The van der Waals surface area contributed by atoms with Gasteiger partial charge in [0, 0.05) is 23.6 Å². The van der Waals surface area contributed by atoms with Gasteiger partial charge in [0.1, 0.15) is 0 Å². The smallest absolute Gasteiger partial charge is 0.0612 e.